The van der Waals surface area contributed by atoms with E-state index in [1.54, 1.807) is 0 Å². The van der Waals surface area contributed by atoms with Crippen LogP contribution in [-0.2, 0) is 6.54 Å². The molecule has 0 bridgehead atoms. The van der Waals surface area contributed by atoms with E-state index < -0.39 is 0 Å². The zero-order valence-corrected chi connectivity index (χ0v) is 10.0. The molecular weight excluding hydrogens is 238 g/mol. The first-order chi connectivity index (χ1) is 8.26. The molecule has 0 spiro atoms. The zero-order chi connectivity index (χ0) is 11.8. The van der Waals surface area contributed by atoms with Gasteiger partial charge < -0.3 is 10.1 Å². The van der Waals surface area contributed by atoms with Gasteiger partial charge in [-0.3, -0.25) is 9.69 Å². The maximum Gasteiger partial charge on any atom is 0.268 e. The molecule has 2 aromatic rings. The lowest BCUT2D eigenvalue weighted by Crippen LogP contribution is -2.47. The molecule has 1 fully saturated rings. The summed E-state index contributed by atoms with van der Waals surface area (Å²) in [7, 11) is 0. The van der Waals surface area contributed by atoms with E-state index in [1.807, 2.05) is 11.4 Å². The lowest BCUT2D eigenvalue weighted by atomic mass is 10.0. The second-order valence-electron chi connectivity index (χ2n) is 4.39. The fourth-order valence-electron chi connectivity index (χ4n) is 2.13. The summed E-state index contributed by atoms with van der Waals surface area (Å²) in [6, 6.07) is 1.87. The SMILES string of the molecule is O=c1[nH]c(CN2CC(CO)C2)nc2ccsc12. The van der Waals surface area contributed by atoms with E-state index in [2.05, 4.69) is 14.9 Å². The summed E-state index contributed by atoms with van der Waals surface area (Å²) in [5.74, 6) is 1.09. The second-order valence-corrected chi connectivity index (χ2v) is 5.31. The molecule has 5 nitrogen and oxygen atoms in total. The van der Waals surface area contributed by atoms with Crippen LogP contribution in [0.25, 0.3) is 10.2 Å². The summed E-state index contributed by atoms with van der Waals surface area (Å²) < 4.78 is 0.686. The van der Waals surface area contributed by atoms with Crippen molar-refractivity contribution in [2.45, 2.75) is 6.54 Å². The molecule has 6 heteroatoms. The number of nitrogens with zero attached hydrogens (tertiary/aromatic N) is 2. The van der Waals surface area contributed by atoms with Crippen LogP contribution in [-0.4, -0.2) is 39.7 Å². The Morgan fingerprint density at radius 2 is 2.41 bits per heavy atom. The van der Waals surface area contributed by atoms with Gasteiger partial charge >= 0.3 is 0 Å². The molecule has 0 amide bonds. The highest BCUT2D eigenvalue weighted by Crippen LogP contribution is 2.18. The highest BCUT2D eigenvalue weighted by molar-refractivity contribution is 7.17. The van der Waals surface area contributed by atoms with Gasteiger partial charge in [-0.1, -0.05) is 0 Å². The molecule has 1 saturated heterocycles. The summed E-state index contributed by atoms with van der Waals surface area (Å²) in [4.78, 5) is 21.1. The minimum atomic E-state index is -0.0563. The average molecular weight is 251 g/mol. The highest BCUT2D eigenvalue weighted by atomic mass is 32.1. The van der Waals surface area contributed by atoms with Crippen molar-refractivity contribution < 1.29 is 5.11 Å². The normalized spacial score (nSPS) is 17.5. The lowest BCUT2D eigenvalue weighted by Gasteiger charge is -2.37. The second kappa shape index (κ2) is 4.21. The molecule has 3 heterocycles. The van der Waals surface area contributed by atoms with Crippen molar-refractivity contribution in [1.82, 2.24) is 14.9 Å². The van der Waals surface area contributed by atoms with Crippen molar-refractivity contribution >= 4 is 21.6 Å². The van der Waals surface area contributed by atoms with E-state index in [0.29, 0.717) is 23.0 Å². The third-order valence-corrected chi connectivity index (χ3v) is 3.93. The molecule has 0 saturated carbocycles. The molecule has 0 unspecified atom stereocenters. The van der Waals surface area contributed by atoms with Gasteiger partial charge in [0.2, 0.25) is 0 Å². The summed E-state index contributed by atoms with van der Waals surface area (Å²) in [6.07, 6.45) is 0. The standard InChI is InChI=1S/C11H13N3O2S/c15-6-7-3-14(4-7)5-9-12-8-1-2-17-10(8)11(16)13-9/h1-2,7,15H,3-6H2,(H,12,13,16). The van der Waals surface area contributed by atoms with Crippen molar-refractivity contribution in [1.29, 1.82) is 0 Å². The van der Waals surface area contributed by atoms with Crippen LogP contribution in [0.15, 0.2) is 16.2 Å². The van der Waals surface area contributed by atoms with Crippen LogP contribution in [0.2, 0.25) is 0 Å². The van der Waals surface area contributed by atoms with Crippen LogP contribution in [0.3, 0.4) is 0 Å². The number of aromatic nitrogens is 2. The Kier molecular flexibility index (Phi) is 2.70. The number of hydrogen-bond acceptors (Lipinski definition) is 5. The molecule has 17 heavy (non-hydrogen) atoms. The number of nitrogens with one attached hydrogen (secondary N) is 1. The van der Waals surface area contributed by atoms with Gasteiger partial charge in [0.05, 0.1) is 12.1 Å². The lowest BCUT2D eigenvalue weighted by molar-refractivity contribution is 0.0460. The van der Waals surface area contributed by atoms with Gasteiger partial charge in [0.15, 0.2) is 0 Å². The monoisotopic (exact) mass is 251 g/mol. The number of H-pyrrole nitrogens is 1. The Morgan fingerprint density at radius 3 is 3.18 bits per heavy atom. The molecule has 3 rings (SSSR count). The zero-order valence-electron chi connectivity index (χ0n) is 9.22. The molecule has 0 aromatic carbocycles. The molecule has 0 aliphatic carbocycles. The number of rotatable bonds is 3. The van der Waals surface area contributed by atoms with E-state index in [1.165, 1.54) is 11.3 Å². The first-order valence-electron chi connectivity index (χ1n) is 5.56. The molecule has 90 valence electrons. The average Bonchev–Trinajstić information content (AvgIpc) is 2.71. The summed E-state index contributed by atoms with van der Waals surface area (Å²) >= 11 is 1.41. The molecular formula is C11H13N3O2S. The van der Waals surface area contributed by atoms with E-state index in [9.17, 15) is 4.79 Å². The minimum absolute atomic E-state index is 0.0563. The summed E-state index contributed by atoms with van der Waals surface area (Å²) in [5, 5.41) is 10.8. The van der Waals surface area contributed by atoms with E-state index in [0.717, 1.165) is 18.6 Å². The maximum absolute atomic E-state index is 11.7. The Bertz CT molecular complexity index is 586. The number of aliphatic hydroxyl groups excluding tert-OH is 1. The fraction of sp³-hybridized carbons (Fsp3) is 0.455. The fourth-order valence-corrected chi connectivity index (χ4v) is 2.86. The van der Waals surface area contributed by atoms with Gasteiger partial charge in [-0.15, -0.1) is 11.3 Å². The van der Waals surface area contributed by atoms with Crippen molar-refractivity contribution in [2.24, 2.45) is 5.92 Å². The molecule has 0 radical (unpaired) electrons. The van der Waals surface area contributed by atoms with E-state index in [-0.39, 0.29) is 12.2 Å². The maximum atomic E-state index is 11.7. The summed E-state index contributed by atoms with van der Waals surface area (Å²) in [6.45, 7) is 2.64. The van der Waals surface area contributed by atoms with Gasteiger partial charge in [0, 0.05) is 25.6 Å². The predicted octanol–water partition coefficient (Wildman–Crippen LogP) is 0.409. The van der Waals surface area contributed by atoms with Gasteiger partial charge in [0.1, 0.15) is 10.5 Å². The Morgan fingerprint density at radius 1 is 1.59 bits per heavy atom. The minimum Gasteiger partial charge on any atom is -0.396 e. The molecule has 1 aliphatic heterocycles. The first-order valence-corrected chi connectivity index (χ1v) is 6.44. The number of fused-ring (bicyclic) bond motifs is 1. The van der Waals surface area contributed by atoms with Crippen LogP contribution in [0.5, 0.6) is 0 Å². The molecule has 2 aromatic heterocycles. The van der Waals surface area contributed by atoms with Crippen molar-refractivity contribution in [3.63, 3.8) is 0 Å². The van der Waals surface area contributed by atoms with Crippen LogP contribution in [0, 0.1) is 5.92 Å². The topological polar surface area (TPSA) is 69.2 Å². The Balaban J connectivity index is 1.79. The van der Waals surface area contributed by atoms with Crippen molar-refractivity contribution in [2.75, 3.05) is 19.7 Å². The first kappa shape index (κ1) is 10.9. The van der Waals surface area contributed by atoms with E-state index >= 15 is 0 Å². The van der Waals surface area contributed by atoms with Crippen LogP contribution in [0.4, 0.5) is 0 Å². The third kappa shape index (κ3) is 1.99. The molecule has 0 atom stereocenters. The smallest absolute Gasteiger partial charge is 0.268 e. The predicted molar refractivity (Wildman–Crippen MR) is 66.1 cm³/mol. The number of likely N-dealkylation sites (tertiary alicyclic amines) is 1. The van der Waals surface area contributed by atoms with Crippen molar-refractivity contribution in [3.05, 3.63) is 27.6 Å². The van der Waals surface area contributed by atoms with Gasteiger partial charge in [-0.25, -0.2) is 4.98 Å². The number of hydrogen-bond donors (Lipinski definition) is 2. The number of thiophene rings is 1. The number of aromatic amines is 1. The molecule has 2 N–H and O–H groups in total. The van der Waals surface area contributed by atoms with Crippen LogP contribution in [0.1, 0.15) is 5.82 Å². The van der Waals surface area contributed by atoms with Crippen LogP contribution < -0.4 is 5.56 Å². The summed E-state index contributed by atoms with van der Waals surface area (Å²) in [5.41, 5.74) is 0.715. The van der Waals surface area contributed by atoms with Gasteiger partial charge in [0.25, 0.3) is 5.56 Å². The number of aliphatic hydroxyl groups is 1. The van der Waals surface area contributed by atoms with Crippen LogP contribution >= 0.6 is 11.3 Å². The Labute approximate surface area is 102 Å². The molecule has 1 aliphatic rings. The van der Waals surface area contributed by atoms with Gasteiger partial charge in [-0.05, 0) is 11.4 Å². The third-order valence-electron chi connectivity index (χ3n) is 3.03. The highest BCUT2D eigenvalue weighted by Gasteiger charge is 2.26. The Hall–Kier alpha value is -1.24. The van der Waals surface area contributed by atoms with Crippen molar-refractivity contribution in [3.8, 4) is 0 Å². The quantitative estimate of drug-likeness (QED) is 0.829. The van der Waals surface area contributed by atoms with Gasteiger partial charge in [-0.2, -0.15) is 0 Å². The van der Waals surface area contributed by atoms with E-state index in [4.69, 9.17) is 5.11 Å². The largest absolute Gasteiger partial charge is 0.396 e.